The van der Waals surface area contributed by atoms with Crippen molar-refractivity contribution in [2.24, 2.45) is 0 Å². The molecule has 7 heteroatoms. The van der Waals surface area contributed by atoms with E-state index >= 15 is 0 Å². The topological polar surface area (TPSA) is 57.4 Å². The lowest BCUT2D eigenvalue weighted by Gasteiger charge is -2.11. The number of likely N-dealkylation sites (N-methyl/N-ethyl adjacent to an activating group) is 1. The van der Waals surface area contributed by atoms with Gasteiger partial charge in [0.25, 0.3) is 5.91 Å². The quantitative estimate of drug-likeness (QED) is 0.910. The van der Waals surface area contributed by atoms with Crippen LogP contribution in [0.1, 0.15) is 16.9 Å². The fraction of sp³-hybridized carbons (Fsp3) is 0.400. The number of aromatic nitrogens is 1. The lowest BCUT2D eigenvalue weighted by atomic mass is 10.2. The summed E-state index contributed by atoms with van der Waals surface area (Å²) in [5.74, 6) is -0.178. The second-order valence-corrected chi connectivity index (χ2v) is 5.50. The van der Waals surface area contributed by atoms with Crippen LogP contribution >= 0.6 is 0 Å². The Balaban J connectivity index is 1.80. The van der Waals surface area contributed by atoms with Crippen LogP contribution in [0, 0.1) is 0 Å². The van der Waals surface area contributed by atoms with E-state index in [4.69, 9.17) is 0 Å². The minimum absolute atomic E-state index is 0.0587. The van der Waals surface area contributed by atoms with Crippen LogP contribution < -0.4 is 10.1 Å². The van der Waals surface area contributed by atoms with Gasteiger partial charge in [0.2, 0.25) is 0 Å². The van der Waals surface area contributed by atoms with Gasteiger partial charge in [-0.2, -0.15) is 8.78 Å². The van der Waals surface area contributed by atoms with E-state index in [0.29, 0.717) is 16.6 Å². The molecule has 1 aromatic heterocycles. The van der Waals surface area contributed by atoms with Crippen molar-refractivity contribution in [2.45, 2.75) is 19.1 Å². The zero-order valence-electron chi connectivity index (χ0n) is 12.1. The number of nitrogens with zero attached hydrogens (tertiary/aromatic N) is 1. The molecule has 1 aliphatic rings. The SMILES string of the molecule is CN1CC[C@H](NC(=O)c2cc3c(OC(F)F)cccc3[nH]2)C1. The molecule has 1 amide bonds. The maximum Gasteiger partial charge on any atom is 0.387 e. The highest BCUT2D eigenvalue weighted by Gasteiger charge is 2.22. The van der Waals surface area contributed by atoms with Crippen LogP contribution in [0.15, 0.2) is 24.3 Å². The number of alkyl halides is 2. The third kappa shape index (κ3) is 3.04. The second kappa shape index (κ2) is 5.92. The summed E-state index contributed by atoms with van der Waals surface area (Å²) in [6.45, 7) is -1.14. The van der Waals surface area contributed by atoms with Gasteiger partial charge in [-0.15, -0.1) is 0 Å². The van der Waals surface area contributed by atoms with E-state index in [-0.39, 0.29) is 17.7 Å². The van der Waals surface area contributed by atoms with Crippen molar-refractivity contribution in [2.75, 3.05) is 20.1 Å². The summed E-state index contributed by atoms with van der Waals surface area (Å²) in [4.78, 5) is 17.3. The average Bonchev–Trinajstić information content (AvgIpc) is 3.05. The lowest BCUT2D eigenvalue weighted by Crippen LogP contribution is -2.36. The highest BCUT2D eigenvalue weighted by Crippen LogP contribution is 2.27. The van der Waals surface area contributed by atoms with Crippen molar-refractivity contribution in [3.05, 3.63) is 30.0 Å². The Labute approximate surface area is 126 Å². The number of halogens is 2. The summed E-state index contributed by atoms with van der Waals surface area (Å²) in [5.41, 5.74) is 0.932. The smallest absolute Gasteiger partial charge is 0.387 e. The third-order valence-corrected chi connectivity index (χ3v) is 3.81. The molecule has 0 aliphatic carbocycles. The van der Waals surface area contributed by atoms with Gasteiger partial charge in [-0.3, -0.25) is 4.79 Å². The van der Waals surface area contributed by atoms with Crippen LogP contribution in [0.25, 0.3) is 10.9 Å². The highest BCUT2D eigenvalue weighted by atomic mass is 19.3. The number of hydrogen-bond donors (Lipinski definition) is 2. The third-order valence-electron chi connectivity index (χ3n) is 3.81. The maximum absolute atomic E-state index is 12.4. The molecule has 2 N–H and O–H groups in total. The molecular formula is C15H17F2N3O2. The van der Waals surface area contributed by atoms with Crippen LogP contribution in [0.5, 0.6) is 5.75 Å². The van der Waals surface area contributed by atoms with Gasteiger partial charge in [-0.1, -0.05) is 6.07 Å². The number of rotatable bonds is 4. The number of nitrogens with one attached hydrogen (secondary N) is 2. The molecule has 0 unspecified atom stereocenters. The summed E-state index contributed by atoms with van der Waals surface area (Å²) >= 11 is 0. The van der Waals surface area contributed by atoms with Crippen molar-refractivity contribution in [3.8, 4) is 5.75 Å². The predicted molar refractivity (Wildman–Crippen MR) is 78.3 cm³/mol. The number of benzene rings is 1. The number of ether oxygens (including phenoxy) is 1. The number of hydrogen-bond acceptors (Lipinski definition) is 3. The Morgan fingerprint density at radius 1 is 1.50 bits per heavy atom. The fourth-order valence-electron chi connectivity index (χ4n) is 2.76. The Bertz CT molecular complexity index is 686. The summed E-state index contributed by atoms with van der Waals surface area (Å²) in [6, 6.07) is 6.43. The molecule has 0 saturated carbocycles. The number of amides is 1. The molecule has 1 atom stereocenters. The Kier molecular flexibility index (Phi) is 3.98. The molecule has 118 valence electrons. The van der Waals surface area contributed by atoms with Crippen molar-refractivity contribution in [3.63, 3.8) is 0 Å². The zero-order valence-corrected chi connectivity index (χ0v) is 12.1. The highest BCUT2D eigenvalue weighted by molar-refractivity contribution is 5.99. The van der Waals surface area contributed by atoms with Gasteiger partial charge < -0.3 is 19.9 Å². The fourth-order valence-corrected chi connectivity index (χ4v) is 2.76. The normalized spacial score (nSPS) is 19.0. The molecular weight excluding hydrogens is 292 g/mol. The largest absolute Gasteiger partial charge is 0.434 e. The molecule has 1 fully saturated rings. The van der Waals surface area contributed by atoms with E-state index in [9.17, 15) is 13.6 Å². The van der Waals surface area contributed by atoms with Gasteiger partial charge >= 0.3 is 6.61 Å². The van der Waals surface area contributed by atoms with E-state index in [2.05, 4.69) is 19.9 Å². The van der Waals surface area contributed by atoms with Gasteiger partial charge in [0.1, 0.15) is 11.4 Å². The maximum atomic E-state index is 12.4. The van der Waals surface area contributed by atoms with Crippen LogP contribution in [-0.2, 0) is 0 Å². The van der Waals surface area contributed by atoms with E-state index in [1.54, 1.807) is 18.2 Å². The molecule has 1 aliphatic heterocycles. The molecule has 1 saturated heterocycles. The Morgan fingerprint density at radius 2 is 2.32 bits per heavy atom. The van der Waals surface area contributed by atoms with Crippen molar-refractivity contribution in [1.82, 2.24) is 15.2 Å². The molecule has 5 nitrogen and oxygen atoms in total. The van der Waals surface area contributed by atoms with E-state index in [1.165, 1.54) is 6.07 Å². The first kappa shape index (κ1) is 14.8. The van der Waals surface area contributed by atoms with Crippen LogP contribution in [-0.4, -0.2) is 48.6 Å². The van der Waals surface area contributed by atoms with Gasteiger partial charge in [-0.25, -0.2) is 0 Å². The Morgan fingerprint density at radius 3 is 3.00 bits per heavy atom. The van der Waals surface area contributed by atoms with Crippen molar-refractivity contribution < 1.29 is 18.3 Å². The summed E-state index contributed by atoms with van der Waals surface area (Å²) in [7, 11) is 2.00. The standard InChI is InChI=1S/C15H17F2N3O2/c1-20-6-5-9(8-20)18-14(21)12-7-10-11(19-12)3-2-4-13(10)22-15(16)17/h2-4,7,9,15,19H,5-6,8H2,1H3,(H,18,21)/t9-/m0/s1. The second-order valence-electron chi connectivity index (χ2n) is 5.50. The summed E-state index contributed by atoms with van der Waals surface area (Å²) in [5, 5.41) is 3.41. The molecule has 22 heavy (non-hydrogen) atoms. The van der Waals surface area contributed by atoms with E-state index in [1.807, 2.05) is 7.05 Å². The number of fused-ring (bicyclic) bond motifs is 1. The molecule has 2 aromatic rings. The molecule has 0 bridgehead atoms. The van der Waals surface area contributed by atoms with E-state index < -0.39 is 6.61 Å². The number of likely N-dealkylation sites (tertiary alicyclic amines) is 1. The van der Waals surface area contributed by atoms with Crippen LogP contribution in [0.3, 0.4) is 0 Å². The minimum atomic E-state index is -2.90. The molecule has 0 radical (unpaired) electrons. The van der Waals surface area contributed by atoms with Gasteiger partial charge in [0, 0.05) is 23.5 Å². The van der Waals surface area contributed by atoms with E-state index in [0.717, 1.165) is 19.5 Å². The van der Waals surface area contributed by atoms with Crippen LogP contribution in [0.4, 0.5) is 8.78 Å². The minimum Gasteiger partial charge on any atom is -0.434 e. The monoisotopic (exact) mass is 309 g/mol. The van der Waals surface area contributed by atoms with Crippen molar-refractivity contribution >= 4 is 16.8 Å². The average molecular weight is 309 g/mol. The summed E-state index contributed by atoms with van der Waals surface area (Å²) < 4.78 is 29.3. The molecule has 2 heterocycles. The van der Waals surface area contributed by atoms with Gasteiger partial charge in [0.15, 0.2) is 0 Å². The first-order valence-electron chi connectivity index (χ1n) is 7.09. The molecule has 1 aromatic carbocycles. The van der Waals surface area contributed by atoms with Gasteiger partial charge in [-0.05, 0) is 38.2 Å². The Hall–Kier alpha value is -2.15. The predicted octanol–water partition coefficient (Wildman–Crippen LogP) is 2.20. The summed E-state index contributed by atoms with van der Waals surface area (Å²) in [6.07, 6.45) is 0.905. The number of aromatic amines is 1. The molecule has 3 rings (SSSR count). The molecule has 0 spiro atoms. The lowest BCUT2D eigenvalue weighted by molar-refractivity contribution is -0.0487. The zero-order chi connectivity index (χ0) is 15.7. The first-order valence-corrected chi connectivity index (χ1v) is 7.09. The first-order chi connectivity index (χ1) is 10.5. The number of H-pyrrole nitrogens is 1. The number of carbonyl (C=O) groups excluding carboxylic acids is 1. The van der Waals surface area contributed by atoms with Gasteiger partial charge in [0.05, 0.1) is 0 Å². The number of carbonyl (C=O) groups is 1. The van der Waals surface area contributed by atoms with Crippen molar-refractivity contribution in [1.29, 1.82) is 0 Å². The van der Waals surface area contributed by atoms with Crippen LogP contribution in [0.2, 0.25) is 0 Å².